The molecule has 3 rings (SSSR count). The number of imidazole rings is 1. The number of aromatic nitrogens is 4. The van der Waals surface area contributed by atoms with Gasteiger partial charge in [0.05, 0.1) is 11.0 Å². The van der Waals surface area contributed by atoms with Crippen LogP contribution < -0.4 is 11.1 Å². The van der Waals surface area contributed by atoms with Gasteiger partial charge in [-0.3, -0.25) is 19.6 Å². The molecule has 1 aromatic carbocycles. The average molecular weight is 340 g/mol. The molecular formula is C17H20N6O2. The number of primary amides is 1. The van der Waals surface area contributed by atoms with Crippen molar-refractivity contribution in [3.8, 4) is 0 Å². The van der Waals surface area contributed by atoms with Gasteiger partial charge in [0, 0.05) is 24.8 Å². The third-order valence-electron chi connectivity index (χ3n) is 3.95. The van der Waals surface area contributed by atoms with Gasteiger partial charge in [0.1, 0.15) is 5.69 Å². The van der Waals surface area contributed by atoms with Crippen LogP contribution >= 0.6 is 0 Å². The van der Waals surface area contributed by atoms with Crippen LogP contribution in [0.2, 0.25) is 0 Å². The van der Waals surface area contributed by atoms with Crippen molar-refractivity contribution in [2.45, 2.75) is 33.4 Å². The number of nitrogens with zero attached hydrogens (tertiary/aromatic N) is 4. The Bertz CT molecular complexity index is 940. The molecule has 0 aliphatic rings. The molecular weight excluding hydrogens is 320 g/mol. The second kappa shape index (κ2) is 6.76. The summed E-state index contributed by atoms with van der Waals surface area (Å²) >= 11 is 0. The lowest BCUT2D eigenvalue weighted by atomic mass is 10.2. The standard InChI is InChI=1S/C17H20N6O2/c1-3-9-22-13-6-5-11(15(18)24)10-12(13)20-17(22)21-16(25)14-7-8-19-23(14)4-2/h5-8,10H,3-4,9H2,1-2H3,(H2,18,24)(H,20,21,25). The van der Waals surface area contributed by atoms with Crippen LogP contribution in [0.15, 0.2) is 30.5 Å². The fourth-order valence-electron chi connectivity index (χ4n) is 2.77. The minimum atomic E-state index is -0.510. The number of anilines is 1. The molecule has 0 unspecified atom stereocenters. The molecule has 2 amide bonds. The molecule has 25 heavy (non-hydrogen) atoms. The molecule has 0 saturated heterocycles. The third-order valence-corrected chi connectivity index (χ3v) is 3.95. The van der Waals surface area contributed by atoms with Gasteiger partial charge in [-0.25, -0.2) is 4.98 Å². The van der Waals surface area contributed by atoms with Gasteiger partial charge in [-0.05, 0) is 37.6 Å². The molecule has 3 N–H and O–H groups in total. The van der Waals surface area contributed by atoms with Crippen LogP contribution in [0, 0.1) is 0 Å². The van der Waals surface area contributed by atoms with Crippen molar-refractivity contribution in [2.75, 3.05) is 5.32 Å². The Morgan fingerprint density at radius 3 is 2.72 bits per heavy atom. The lowest BCUT2D eigenvalue weighted by Gasteiger charge is -2.09. The first kappa shape index (κ1) is 16.7. The van der Waals surface area contributed by atoms with Crippen molar-refractivity contribution in [2.24, 2.45) is 5.73 Å². The van der Waals surface area contributed by atoms with Crippen molar-refractivity contribution in [1.82, 2.24) is 19.3 Å². The maximum absolute atomic E-state index is 12.6. The smallest absolute Gasteiger partial charge is 0.276 e. The summed E-state index contributed by atoms with van der Waals surface area (Å²) in [5.41, 5.74) is 7.64. The van der Waals surface area contributed by atoms with Gasteiger partial charge in [-0.2, -0.15) is 5.10 Å². The number of nitrogens with two attached hydrogens (primary N) is 1. The van der Waals surface area contributed by atoms with E-state index in [1.807, 2.05) is 18.4 Å². The second-order valence-corrected chi connectivity index (χ2v) is 5.64. The third kappa shape index (κ3) is 3.10. The minimum Gasteiger partial charge on any atom is -0.366 e. The Hall–Kier alpha value is -3.16. The molecule has 130 valence electrons. The van der Waals surface area contributed by atoms with E-state index in [0.717, 1.165) is 11.9 Å². The highest BCUT2D eigenvalue weighted by Crippen LogP contribution is 2.22. The zero-order valence-corrected chi connectivity index (χ0v) is 14.2. The molecule has 2 aromatic heterocycles. The highest BCUT2D eigenvalue weighted by Gasteiger charge is 2.17. The fourth-order valence-corrected chi connectivity index (χ4v) is 2.77. The second-order valence-electron chi connectivity index (χ2n) is 5.64. The van der Waals surface area contributed by atoms with Crippen molar-refractivity contribution in [3.05, 3.63) is 41.7 Å². The highest BCUT2D eigenvalue weighted by molar-refractivity contribution is 6.03. The van der Waals surface area contributed by atoms with Crippen LogP contribution in [0.3, 0.4) is 0 Å². The van der Waals surface area contributed by atoms with Gasteiger partial charge >= 0.3 is 0 Å². The number of amides is 2. The predicted octanol–water partition coefficient (Wildman–Crippen LogP) is 2.01. The molecule has 8 nitrogen and oxygen atoms in total. The topological polar surface area (TPSA) is 108 Å². The summed E-state index contributed by atoms with van der Waals surface area (Å²) < 4.78 is 3.54. The Morgan fingerprint density at radius 2 is 2.04 bits per heavy atom. The summed E-state index contributed by atoms with van der Waals surface area (Å²) in [5, 5.41) is 6.95. The zero-order chi connectivity index (χ0) is 18.0. The maximum Gasteiger partial charge on any atom is 0.276 e. The van der Waals surface area contributed by atoms with Crippen LogP contribution in [0.5, 0.6) is 0 Å². The average Bonchev–Trinajstić information content (AvgIpc) is 3.19. The zero-order valence-electron chi connectivity index (χ0n) is 14.2. The number of nitrogens with one attached hydrogen (secondary N) is 1. The van der Waals surface area contributed by atoms with Crippen LogP contribution in [0.25, 0.3) is 11.0 Å². The number of rotatable bonds is 6. The summed E-state index contributed by atoms with van der Waals surface area (Å²) in [5.74, 6) is -0.348. The number of carbonyl (C=O) groups is 2. The van der Waals surface area contributed by atoms with E-state index in [4.69, 9.17) is 5.73 Å². The molecule has 0 fully saturated rings. The molecule has 0 bridgehead atoms. The lowest BCUT2D eigenvalue weighted by molar-refractivity contribution is 0.0996. The molecule has 0 atom stereocenters. The quantitative estimate of drug-likeness (QED) is 0.715. The molecule has 2 heterocycles. The van der Waals surface area contributed by atoms with Crippen molar-refractivity contribution < 1.29 is 9.59 Å². The maximum atomic E-state index is 12.6. The molecule has 0 spiro atoms. The normalized spacial score (nSPS) is 11.0. The lowest BCUT2D eigenvalue weighted by Crippen LogP contribution is -2.20. The summed E-state index contributed by atoms with van der Waals surface area (Å²) in [4.78, 5) is 28.4. The summed E-state index contributed by atoms with van der Waals surface area (Å²) in [6.07, 6.45) is 2.46. The predicted molar refractivity (Wildman–Crippen MR) is 94.4 cm³/mol. The molecule has 0 radical (unpaired) electrons. The van der Waals surface area contributed by atoms with Gasteiger partial charge < -0.3 is 10.3 Å². The van der Waals surface area contributed by atoms with E-state index in [2.05, 4.69) is 15.4 Å². The first-order chi connectivity index (χ1) is 12.0. The van der Waals surface area contributed by atoms with Crippen molar-refractivity contribution in [1.29, 1.82) is 0 Å². The minimum absolute atomic E-state index is 0.276. The van der Waals surface area contributed by atoms with E-state index in [-0.39, 0.29) is 5.91 Å². The first-order valence-corrected chi connectivity index (χ1v) is 8.18. The molecule has 0 saturated carbocycles. The van der Waals surface area contributed by atoms with E-state index >= 15 is 0 Å². The molecule has 8 heteroatoms. The van der Waals surface area contributed by atoms with E-state index in [1.54, 1.807) is 35.1 Å². The van der Waals surface area contributed by atoms with Crippen molar-refractivity contribution in [3.63, 3.8) is 0 Å². The molecule has 3 aromatic rings. The fraction of sp³-hybridized carbons (Fsp3) is 0.294. The van der Waals surface area contributed by atoms with E-state index < -0.39 is 5.91 Å². The number of hydrogen-bond acceptors (Lipinski definition) is 4. The summed E-state index contributed by atoms with van der Waals surface area (Å²) in [7, 11) is 0. The Labute approximate surface area is 144 Å². The van der Waals surface area contributed by atoms with Crippen LogP contribution in [-0.4, -0.2) is 31.1 Å². The SMILES string of the molecule is CCCn1c(NC(=O)c2ccnn2CC)nc2cc(C(N)=O)ccc21. The van der Waals surface area contributed by atoms with Crippen LogP contribution in [0.4, 0.5) is 5.95 Å². The first-order valence-electron chi connectivity index (χ1n) is 8.18. The van der Waals surface area contributed by atoms with Gasteiger partial charge in [-0.1, -0.05) is 6.92 Å². The van der Waals surface area contributed by atoms with E-state index in [9.17, 15) is 9.59 Å². The van der Waals surface area contributed by atoms with E-state index in [0.29, 0.717) is 35.8 Å². The summed E-state index contributed by atoms with van der Waals surface area (Å²) in [6.45, 7) is 5.25. The number of carbonyl (C=O) groups excluding carboxylic acids is 2. The Kier molecular flexibility index (Phi) is 4.51. The van der Waals surface area contributed by atoms with Gasteiger partial charge in [0.25, 0.3) is 5.91 Å². The number of aryl methyl sites for hydroxylation is 2. The van der Waals surface area contributed by atoms with Gasteiger partial charge in [-0.15, -0.1) is 0 Å². The molecule has 0 aliphatic carbocycles. The van der Waals surface area contributed by atoms with Gasteiger partial charge in [0.2, 0.25) is 11.9 Å². The molecule has 0 aliphatic heterocycles. The van der Waals surface area contributed by atoms with Crippen molar-refractivity contribution >= 4 is 28.8 Å². The number of hydrogen-bond donors (Lipinski definition) is 2. The number of fused-ring (bicyclic) bond motifs is 1. The highest BCUT2D eigenvalue weighted by atomic mass is 16.2. The van der Waals surface area contributed by atoms with Crippen LogP contribution in [0.1, 0.15) is 41.1 Å². The van der Waals surface area contributed by atoms with Gasteiger partial charge in [0.15, 0.2) is 0 Å². The number of benzene rings is 1. The largest absolute Gasteiger partial charge is 0.366 e. The van der Waals surface area contributed by atoms with Crippen LogP contribution in [-0.2, 0) is 13.1 Å². The van der Waals surface area contributed by atoms with E-state index in [1.165, 1.54) is 0 Å². The monoisotopic (exact) mass is 340 g/mol. The summed E-state index contributed by atoms with van der Waals surface area (Å²) in [6, 6.07) is 6.76. The Balaban J connectivity index is 2.01. The Morgan fingerprint density at radius 1 is 1.24 bits per heavy atom.